The van der Waals surface area contributed by atoms with E-state index in [1.165, 1.54) is 7.11 Å². The number of aromatic hydroxyl groups is 1. The largest absolute Gasteiger partial charge is 0.504 e. The maximum absolute atomic E-state index is 12.4. The van der Waals surface area contributed by atoms with Crippen molar-refractivity contribution in [3.05, 3.63) is 23.3 Å². The quantitative estimate of drug-likeness (QED) is 0.844. The van der Waals surface area contributed by atoms with Gasteiger partial charge in [-0.05, 0) is 51.9 Å². The number of nitrogens with zero attached hydrogens (tertiary/aromatic N) is 1. The van der Waals surface area contributed by atoms with Gasteiger partial charge in [-0.25, -0.2) is 0 Å². The van der Waals surface area contributed by atoms with Gasteiger partial charge in [-0.2, -0.15) is 0 Å². The summed E-state index contributed by atoms with van der Waals surface area (Å²) >= 11 is 0. The Hall–Kier alpha value is -1.59. The van der Waals surface area contributed by atoms with E-state index in [4.69, 9.17) is 4.74 Å². The second kappa shape index (κ2) is 7.57. The molecule has 5 heteroatoms. The first kappa shape index (κ1) is 20.7. The molecule has 0 spiro atoms. The number of rotatable bonds is 2. The molecule has 0 amide bonds. The number of ketones is 1. The first-order chi connectivity index (χ1) is 12.3. The van der Waals surface area contributed by atoms with Crippen LogP contribution in [0.4, 0.5) is 0 Å². The zero-order valence-electron chi connectivity index (χ0n) is 16.9. The van der Waals surface area contributed by atoms with Gasteiger partial charge in [0.05, 0.1) is 12.7 Å². The summed E-state index contributed by atoms with van der Waals surface area (Å²) in [6.07, 6.45) is 1.72. The maximum Gasteiger partial charge on any atom is 0.161 e. The molecule has 1 aromatic rings. The zero-order valence-corrected chi connectivity index (χ0v) is 16.9. The molecule has 5 nitrogen and oxygen atoms in total. The van der Waals surface area contributed by atoms with Crippen LogP contribution < -0.4 is 4.74 Å². The minimum atomic E-state index is -1.05. The molecule has 1 heterocycles. The second-order valence-electron chi connectivity index (χ2n) is 7.44. The van der Waals surface area contributed by atoms with Gasteiger partial charge >= 0.3 is 0 Å². The third-order valence-corrected chi connectivity index (χ3v) is 6.40. The van der Waals surface area contributed by atoms with Crippen molar-refractivity contribution in [2.24, 2.45) is 0 Å². The molecule has 0 aromatic heterocycles. The van der Waals surface area contributed by atoms with E-state index in [9.17, 15) is 15.0 Å². The lowest BCUT2D eigenvalue weighted by molar-refractivity contribution is -0.161. The minimum Gasteiger partial charge on any atom is -0.504 e. The molecule has 1 aliphatic heterocycles. The van der Waals surface area contributed by atoms with Gasteiger partial charge in [0.2, 0.25) is 0 Å². The number of carbonyl (C=O) groups excluding carboxylic acids is 1. The molecule has 1 saturated carbocycles. The van der Waals surface area contributed by atoms with Crippen LogP contribution in [0.25, 0.3) is 0 Å². The highest BCUT2D eigenvalue weighted by atomic mass is 16.5. The first-order valence-corrected chi connectivity index (χ1v) is 9.58. The van der Waals surface area contributed by atoms with Gasteiger partial charge in [0.15, 0.2) is 11.5 Å². The van der Waals surface area contributed by atoms with Gasteiger partial charge in [0.1, 0.15) is 5.78 Å². The van der Waals surface area contributed by atoms with E-state index >= 15 is 0 Å². The number of hydrogen-bond donors (Lipinski definition) is 2. The van der Waals surface area contributed by atoms with Crippen molar-refractivity contribution < 1.29 is 19.7 Å². The molecule has 0 radical (unpaired) electrons. The van der Waals surface area contributed by atoms with Crippen LogP contribution in [-0.2, 0) is 10.2 Å². The van der Waals surface area contributed by atoms with Crippen molar-refractivity contribution in [1.82, 2.24) is 4.90 Å². The number of likely N-dealkylation sites (tertiary alicyclic amines) is 1. The predicted octanol–water partition coefficient (Wildman–Crippen LogP) is 3.18. The molecule has 0 bridgehead atoms. The summed E-state index contributed by atoms with van der Waals surface area (Å²) in [7, 11) is 3.52. The smallest absolute Gasteiger partial charge is 0.161 e. The highest BCUT2D eigenvalue weighted by Gasteiger charge is 2.61. The number of carbonyl (C=O) groups is 1. The van der Waals surface area contributed by atoms with Crippen molar-refractivity contribution in [3.63, 3.8) is 0 Å². The Morgan fingerprint density at radius 1 is 1.27 bits per heavy atom. The average Bonchev–Trinajstić information content (AvgIpc) is 2.63. The molecule has 26 heavy (non-hydrogen) atoms. The molecular formula is C21H33NO4. The van der Waals surface area contributed by atoms with Crippen molar-refractivity contribution >= 4 is 5.78 Å². The first-order valence-electron chi connectivity index (χ1n) is 9.58. The number of methoxy groups -OCH3 is 1. The summed E-state index contributed by atoms with van der Waals surface area (Å²) in [4.78, 5) is 14.5. The molecule has 1 unspecified atom stereocenters. The van der Waals surface area contributed by atoms with Crippen LogP contribution in [-0.4, -0.2) is 53.2 Å². The van der Waals surface area contributed by atoms with Crippen molar-refractivity contribution in [1.29, 1.82) is 0 Å². The van der Waals surface area contributed by atoms with Crippen molar-refractivity contribution in [3.8, 4) is 11.5 Å². The highest BCUT2D eigenvalue weighted by Crippen LogP contribution is 2.56. The lowest BCUT2D eigenvalue weighted by Gasteiger charge is -2.59. The molecule has 1 aliphatic carbocycles. The molecule has 1 saturated heterocycles. The fourth-order valence-corrected chi connectivity index (χ4v) is 4.86. The monoisotopic (exact) mass is 363 g/mol. The highest BCUT2D eigenvalue weighted by molar-refractivity contribution is 5.82. The van der Waals surface area contributed by atoms with Gasteiger partial charge in [0.25, 0.3) is 0 Å². The number of hydrogen-bond acceptors (Lipinski definition) is 5. The van der Waals surface area contributed by atoms with Crippen molar-refractivity contribution in [2.45, 2.75) is 70.4 Å². The molecule has 1 aromatic carbocycles. The molecule has 3 atom stereocenters. The second-order valence-corrected chi connectivity index (χ2v) is 7.44. The Labute approximate surface area is 157 Å². The Balaban J connectivity index is 0.00000117. The van der Waals surface area contributed by atoms with Crippen LogP contribution in [0.5, 0.6) is 11.5 Å². The fourth-order valence-electron chi connectivity index (χ4n) is 4.86. The predicted molar refractivity (Wildman–Crippen MR) is 103 cm³/mol. The van der Waals surface area contributed by atoms with Crippen LogP contribution in [0.1, 0.15) is 57.6 Å². The number of phenols is 1. The standard InChI is InChI=1S/C19H27NO4.C2H6/c1-12-5-6-15(24-4)17(22)16(12)18-9-10-20(3)13(2)19(18,23)8-7-14(21)11-18;1-2/h5-6,13,22-23H,7-11H2,1-4H3;1-2H3/t13?,18-,19-;/m1./s1. The summed E-state index contributed by atoms with van der Waals surface area (Å²) in [5.74, 6) is 0.595. The fraction of sp³-hybridized carbons (Fsp3) is 0.667. The van der Waals surface area contributed by atoms with Gasteiger partial charge in [-0.1, -0.05) is 19.9 Å². The molecule has 2 aliphatic rings. The number of phenolic OH excluding ortho intramolecular Hbond substituents is 1. The molecule has 2 N–H and O–H groups in total. The van der Waals surface area contributed by atoms with Crippen molar-refractivity contribution in [2.75, 3.05) is 20.7 Å². The Bertz CT molecular complexity index is 674. The molecule has 3 rings (SSSR count). The van der Waals surface area contributed by atoms with Crippen LogP contribution in [0.2, 0.25) is 0 Å². The van der Waals surface area contributed by atoms with Crippen LogP contribution in [0, 0.1) is 6.92 Å². The van der Waals surface area contributed by atoms with Crippen LogP contribution >= 0.6 is 0 Å². The minimum absolute atomic E-state index is 0.0578. The number of fused-ring (bicyclic) bond motifs is 1. The van der Waals surface area contributed by atoms with E-state index in [1.54, 1.807) is 6.07 Å². The van der Waals surface area contributed by atoms with E-state index in [-0.39, 0.29) is 24.0 Å². The number of likely N-dealkylation sites (N-methyl/N-ethyl adjacent to an activating group) is 1. The summed E-state index contributed by atoms with van der Waals surface area (Å²) in [6.45, 7) is 8.70. The number of ether oxygens (including phenoxy) is 1. The summed E-state index contributed by atoms with van der Waals surface area (Å²) in [5.41, 5.74) is -0.255. The molecule has 146 valence electrons. The lowest BCUT2D eigenvalue weighted by atomic mass is 9.53. The zero-order chi connectivity index (χ0) is 19.7. The number of benzene rings is 1. The summed E-state index contributed by atoms with van der Waals surface area (Å²) in [5, 5.41) is 22.6. The van der Waals surface area contributed by atoms with Crippen LogP contribution in [0.3, 0.4) is 0 Å². The van der Waals surface area contributed by atoms with E-state index in [0.29, 0.717) is 30.6 Å². The molecular weight excluding hydrogens is 330 g/mol. The van der Waals surface area contributed by atoms with Crippen LogP contribution in [0.15, 0.2) is 12.1 Å². The Morgan fingerprint density at radius 3 is 2.54 bits per heavy atom. The number of aryl methyl sites for hydroxylation is 1. The van der Waals surface area contributed by atoms with Gasteiger partial charge in [0, 0.05) is 29.9 Å². The molecule has 2 fully saturated rings. The van der Waals surface area contributed by atoms with E-state index in [0.717, 1.165) is 12.1 Å². The normalized spacial score (nSPS) is 31.7. The average molecular weight is 363 g/mol. The maximum atomic E-state index is 12.4. The Morgan fingerprint density at radius 2 is 1.92 bits per heavy atom. The number of aliphatic hydroxyl groups is 1. The van der Waals surface area contributed by atoms with Gasteiger partial charge < -0.3 is 19.8 Å². The SMILES string of the molecule is CC.COc1ccc(C)c([C@]23CCN(C)C(C)[C@]2(O)CCC(=O)C3)c1O. The van der Waals surface area contributed by atoms with E-state index in [2.05, 4.69) is 4.90 Å². The van der Waals surface area contributed by atoms with Gasteiger partial charge in [-0.15, -0.1) is 0 Å². The summed E-state index contributed by atoms with van der Waals surface area (Å²) < 4.78 is 5.29. The third kappa shape index (κ3) is 2.91. The lowest BCUT2D eigenvalue weighted by Crippen LogP contribution is -2.69. The Kier molecular flexibility index (Phi) is 6.03. The topological polar surface area (TPSA) is 70.0 Å². The number of Topliss-reactive ketones (excluding diaryl/α,β-unsaturated/α-hetero) is 1. The van der Waals surface area contributed by atoms with Gasteiger partial charge in [-0.3, -0.25) is 4.79 Å². The summed E-state index contributed by atoms with van der Waals surface area (Å²) in [6, 6.07) is 3.53. The number of piperidine rings is 1. The van der Waals surface area contributed by atoms with E-state index in [1.807, 2.05) is 40.8 Å². The van der Waals surface area contributed by atoms with E-state index < -0.39 is 11.0 Å². The third-order valence-electron chi connectivity index (χ3n) is 6.40.